The summed E-state index contributed by atoms with van der Waals surface area (Å²) in [6.45, 7) is 3.03. The van der Waals surface area contributed by atoms with E-state index < -0.39 is 57.3 Å². The number of ketones is 5. The van der Waals surface area contributed by atoms with E-state index >= 15 is 0 Å². The Balaban J connectivity index is 1.91. The van der Waals surface area contributed by atoms with Crippen LogP contribution in [0.4, 0.5) is 0 Å². The van der Waals surface area contributed by atoms with Crippen molar-refractivity contribution in [3.8, 4) is 11.5 Å². The maximum absolute atomic E-state index is 13.4. The molecule has 0 saturated heterocycles. The molecule has 8 heteroatoms. The minimum atomic E-state index is -2.38. The number of benzene rings is 2. The van der Waals surface area contributed by atoms with Crippen LogP contribution in [0.1, 0.15) is 68.1 Å². The van der Waals surface area contributed by atoms with Gasteiger partial charge in [-0.1, -0.05) is 38.1 Å². The molecule has 0 aliphatic heterocycles. The van der Waals surface area contributed by atoms with Crippen molar-refractivity contribution in [2.24, 2.45) is 0 Å². The fourth-order valence-electron chi connectivity index (χ4n) is 4.16. The summed E-state index contributed by atoms with van der Waals surface area (Å²) in [6.07, 6.45) is -0.260. The van der Waals surface area contributed by atoms with Gasteiger partial charge in [0, 0.05) is 16.7 Å². The van der Waals surface area contributed by atoms with Crippen LogP contribution in [-0.2, 0) is 9.53 Å². The third-order valence-corrected chi connectivity index (χ3v) is 5.85. The number of hydrogen-bond donors (Lipinski definition) is 2. The average Bonchev–Trinajstić information content (AvgIpc) is 2.78. The fourth-order valence-corrected chi connectivity index (χ4v) is 4.16. The number of phenolic OH excluding ortho intramolecular Hbond substituents is 2. The molecular weight excluding hydrogens is 416 g/mol. The summed E-state index contributed by atoms with van der Waals surface area (Å²) in [6, 6.07) is 7.83. The number of fused-ring (bicyclic) bond motifs is 2. The van der Waals surface area contributed by atoms with Gasteiger partial charge in [-0.25, -0.2) is 0 Å². The lowest BCUT2D eigenvalue weighted by Gasteiger charge is -2.35. The van der Waals surface area contributed by atoms with Crippen LogP contribution in [0.5, 0.6) is 11.5 Å². The van der Waals surface area contributed by atoms with Crippen LogP contribution in [0.25, 0.3) is 0 Å². The molecule has 0 radical (unpaired) electrons. The van der Waals surface area contributed by atoms with E-state index in [9.17, 15) is 34.2 Å². The van der Waals surface area contributed by atoms with E-state index in [1.807, 2.05) is 0 Å². The third kappa shape index (κ3) is 2.65. The van der Waals surface area contributed by atoms with Gasteiger partial charge in [0.15, 0.2) is 11.5 Å². The van der Waals surface area contributed by atoms with Crippen molar-refractivity contribution in [2.45, 2.75) is 32.3 Å². The Morgan fingerprint density at radius 2 is 1.31 bits per heavy atom. The second kappa shape index (κ2) is 7.26. The van der Waals surface area contributed by atoms with E-state index in [1.54, 1.807) is 6.92 Å². The van der Waals surface area contributed by atoms with E-state index in [1.165, 1.54) is 43.3 Å². The molecule has 0 bridgehead atoms. The Kier molecular flexibility index (Phi) is 4.81. The second-order valence-electron chi connectivity index (χ2n) is 7.49. The van der Waals surface area contributed by atoms with Gasteiger partial charge >= 0.3 is 0 Å². The summed E-state index contributed by atoms with van der Waals surface area (Å²) in [7, 11) is 0. The standard InChI is InChI=1S/C24H18O8/c1-3-11-18(27)12-7-5-9-14(25)16(12)19(28)21(11)32-24(4-2)22(30)13-8-6-10-15(26)17(13)20(29)23(24)31/h5-10,25-26H,3-4H2,1-2H3. The van der Waals surface area contributed by atoms with Gasteiger partial charge in [0.25, 0.3) is 5.78 Å². The zero-order valence-corrected chi connectivity index (χ0v) is 17.2. The number of allylic oxidation sites excluding steroid dienone is 2. The number of carbonyl (C=O) groups is 5. The number of aromatic hydroxyl groups is 2. The zero-order chi connectivity index (χ0) is 23.4. The minimum absolute atomic E-state index is 0.0163. The van der Waals surface area contributed by atoms with Crippen LogP contribution in [0.15, 0.2) is 47.7 Å². The van der Waals surface area contributed by atoms with Crippen LogP contribution in [-0.4, -0.2) is 44.7 Å². The van der Waals surface area contributed by atoms with E-state index in [4.69, 9.17) is 4.74 Å². The average molecular weight is 434 g/mol. The van der Waals surface area contributed by atoms with E-state index in [0.29, 0.717) is 0 Å². The van der Waals surface area contributed by atoms with Crippen LogP contribution in [0.3, 0.4) is 0 Å². The van der Waals surface area contributed by atoms with Crippen molar-refractivity contribution in [1.82, 2.24) is 0 Å². The lowest BCUT2D eigenvalue weighted by atomic mass is 9.75. The monoisotopic (exact) mass is 434 g/mol. The first-order chi connectivity index (χ1) is 15.2. The normalized spacial score (nSPS) is 20.4. The molecule has 0 heterocycles. The first kappa shape index (κ1) is 21.2. The molecule has 0 amide bonds. The minimum Gasteiger partial charge on any atom is -0.507 e. The van der Waals surface area contributed by atoms with Gasteiger partial charge in [-0.15, -0.1) is 0 Å². The highest BCUT2D eigenvalue weighted by atomic mass is 16.5. The maximum Gasteiger partial charge on any atom is 0.255 e. The highest BCUT2D eigenvalue weighted by molar-refractivity contribution is 6.55. The van der Waals surface area contributed by atoms with Crippen molar-refractivity contribution in [3.05, 3.63) is 70.0 Å². The Hall–Kier alpha value is -4.07. The highest BCUT2D eigenvalue weighted by Gasteiger charge is 2.57. The molecule has 2 aromatic carbocycles. The second-order valence-corrected chi connectivity index (χ2v) is 7.49. The van der Waals surface area contributed by atoms with Gasteiger partial charge in [-0.05, 0) is 25.0 Å². The Morgan fingerprint density at radius 1 is 0.750 bits per heavy atom. The summed E-state index contributed by atoms with van der Waals surface area (Å²) in [5.74, 6) is -6.24. The number of ether oxygens (including phenoxy) is 1. The molecule has 0 saturated carbocycles. The third-order valence-electron chi connectivity index (χ3n) is 5.85. The van der Waals surface area contributed by atoms with Crippen molar-refractivity contribution in [2.75, 3.05) is 0 Å². The number of carbonyl (C=O) groups excluding carboxylic acids is 5. The Labute approximate surface area is 182 Å². The molecule has 32 heavy (non-hydrogen) atoms. The number of Topliss-reactive ketones (excluding diaryl/α,β-unsaturated/α-hetero) is 5. The molecule has 4 rings (SSSR count). The maximum atomic E-state index is 13.4. The molecule has 1 unspecified atom stereocenters. The summed E-state index contributed by atoms with van der Waals surface area (Å²) < 4.78 is 5.76. The first-order valence-electron chi connectivity index (χ1n) is 9.99. The molecule has 2 aliphatic rings. The van der Waals surface area contributed by atoms with Gasteiger partial charge < -0.3 is 14.9 Å². The molecule has 2 N–H and O–H groups in total. The van der Waals surface area contributed by atoms with Crippen LogP contribution in [0, 0.1) is 0 Å². The SMILES string of the molecule is CCC1=C(OC2(CC)C(=O)C(=O)c3c(O)cccc3C2=O)C(=O)c2c(O)cccc2C1=O. The molecule has 2 aromatic rings. The van der Waals surface area contributed by atoms with Gasteiger partial charge in [-0.3, -0.25) is 24.0 Å². The number of rotatable bonds is 4. The van der Waals surface area contributed by atoms with Crippen molar-refractivity contribution in [1.29, 1.82) is 0 Å². The Morgan fingerprint density at radius 3 is 1.88 bits per heavy atom. The van der Waals surface area contributed by atoms with E-state index in [0.717, 1.165) is 0 Å². The molecule has 162 valence electrons. The molecule has 8 nitrogen and oxygen atoms in total. The topological polar surface area (TPSA) is 135 Å². The first-order valence-corrected chi connectivity index (χ1v) is 9.99. The predicted octanol–water partition coefficient (Wildman–Crippen LogP) is 2.95. The van der Waals surface area contributed by atoms with Crippen LogP contribution < -0.4 is 0 Å². The molecule has 0 fully saturated rings. The van der Waals surface area contributed by atoms with Crippen molar-refractivity contribution in [3.63, 3.8) is 0 Å². The van der Waals surface area contributed by atoms with E-state index in [-0.39, 0.29) is 35.1 Å². The molecular formula is C24H18O8. The smallest absolute Gasteiger partial charge is 0.255 e. The molecule has 1 atom stereocenters. The van der Waals surface area contributed by atoms with Crippen LogP contribution in [0.2, 0.25) is 0 Å². The van der Waals surface area contributed by atoms with Crippen molar-refractivity contribution >= 4 is 28.9 Å². The molecule has 0 aromatic heterocycles. The van der Waals surface area contributed by atoms with E-state index in [2.05, 4.69) is 0 Å². The Bertz CT molecular complexity index is 1280. The lowest BCUT2D eigenvalue weighted by molar-refractivity contribution is -0.130. The summed E-state index contributed by atoms with van der Waals surface area (Å²) in [5.41, 5.74) is -3.41. The van der Waals surface area contributed by atoms with Gasteiger partial charge in [0.05, 0.1) is 11.1 Å². The fraction of sp³-hybridized carbons (Fsp3) is 0.208. The largest absolute Gasteiger partial charge is 0.507 e. The zero-order valence-electron chi connectivity index (χ0n) is 17.2. The molecule has 2 aliphatic carbocycles. The van der Waals surface area contributed by atoms with Crippen LogP contribution >= 0.6 is 0 Å². The molecule has 0 spiro atoms. The van der Waals surface area contributed by atoms with Crippen molar-refractivity contribution < 1.29 is 38.9 Å². The van der Waals surface area contributed by atoms with Gasteiger partial charge in [-0.2, -0.15) is 0 Å². The highest BCUT2D eigenvalue weighted by Crippen LogP contribution is 2.40. The number of phenols is 2. The quantitative estimate of drug-likeness (QED) is 0.554. The predicted molar refractivity (Wildman–Crippen MR) is 110 cm³/mol. The number of hydrogen-bond acceptors (Lipinski definition) is 8. The summed E-state index contributed by atoms with van der Waals surface area (Å²) in [4.78, 5) is 65.5. The van der Waals surface area contributed by atoms with Gasteiger partial charge in [0.2, 0.25) is 23.0 Å². The summed E-state index contributed by atoms with van der Waals surface area (Å²) in [5, 5.41) is 20.2. The lowest BCUT2D eigenvalue weighted by Crippen LogP contribution is -2.56. The summed E-state index contributed by atoms with van der Waals surface area (Å²) >= 11 is 0. The van der Waals surface area contributed by atoms with Gasteiger partial charge in [0.1, 0.15) is 11.5 Å².